The standard InChI is InChI=1S/C26H33N3O10S/c1-13(30)35-12-20-22(36-14(2)31)23(37-15(3)32)24(38-16(4)33)25(39-20)27-26(40)28-9-17-8-18(11-28)19-6-5-7-21(34)29(19)10-17/h5-7,17-18,20,22-25H,8-12H2,1-4H3,(H,27,40)/t17-,18-,20-,22+,23+,24-,25+/m0/s1. The minimum absolute atomic E-state index is 0.0288. The van der Waals surface area contributed by atoms with Crippen LogP contribution < -0.4 is 10.9 Å². The topological polar surface area (TPSA) is 152 Å². The van der Waals surface area contributed by atoms with Gasteiger partial charge in [-0.1, -0.05) is 6.07 Å². The molecule has 1 N–H and O–H groups in total. The molecule has 0 unspecified atom stereocenters. The summed E-state index contributed by atoms with van der Waals surface area (Å²) in [4.78, 5) is 62.0. The predicted octanol–water partition coefficient (Wildman–Crippen LogP) is 0.225. The van der Waals surface area contributed by atoms with Crippen LogP contribution in [0, 0.1) is 5.92 Å². The summed E-state index contributed by atoms with van der Waals surface area (Å²) >= 11 is 5.74. The first-order chi connectivity index (χ1) is 18.9. The molecule has 0 aliphatic carbocycles. The normalized spacial score (nSPS) is 28.9. The van der Waals surface area contributed by atoms with Crippen LogP contribution in [0.1, 0.15) is 45.7 Å². The van der Waals surface area contributed by atoms with Gasteiger partial charge >= 0.3 is 23.9 Å². The van der Waals surface area contributed by atoms with E-state index in [1.54, 1.807) is 12.1 Å². The third-order valence-corrected chi connectivity index (χ3v) is 7.40. The Morgan fingerprint density at radius 1 is 0.925 bits per heavy atom. The summed E-state index contributed by atoms with van der Waals surface area (Å²) in [5.41, 5.74) is 0.919. The zero-order valence-electron chi connectivity index (χ0n) is 22.7. The predicted molar refractivity (Wildman–Crippen MR) is 141 cm³/mol. The summed E-state index contributed by atoms with van der Waals surface area (Å²) in [6, 6.07) is 5.25. The third kappa shape index (κ3) is 6.78. The average Bonchev–Trinajstić information content (AvgIpc) is 2.86. The van der Waals surface area contributed by atoms with Crippen molar-refractivity contribution in [2.75, 3.05) is 19.7 Å². The Morgan fingerprint density at radius 3 is 2.23 bits per heavy atom. The van der Waals surface area contributed by atoms with Crippen molar-refractivity contribution < 1.29 is 42.9 Å². The molecule has 2 saturated heterocycles. The van der Waals surface area contributed by atoms with E-state index in [1.807, 2.05) is 15.5 Å². The highest BCUT2D eigenvalue weighted by Crippen LogP contribution is 2.35. The van der Waals surface area contributed by atoms with Gasteiger partial charge in [0.25, 0.3) is 5.56 Å². The number of carbonyl (C=O) groups excluding carboxylic acids is 4. The van der Waals surface area contributed by atoms with E-state index in [1.165, 1.54) is 13.8 Å². The first-order valence-electron chi connectivity index (χ1n) is 13.0. The van der Waals surface area contributed by atoms with Crippen molar-refractivity contribution in [3.05, 3.63) is 34.2 Å². The Bertz CT molecular complexity index is 1240. The highest BCUT2D eigenvalue weighted by Gasteiger charge is 2.52. The van der Waals surface area contributed by atoms with Crippen molar-refractivity contribution in [2.24, 2.45) is 5.92 Å². The fourth-order valence-electron chi connectivity index (χ4n) is 5.62. The Balaban J connectivity index is 1.59. The van der Waals surface area contributed by atoms with Crippen molar-refractivity contribution in [2.45, 2.75) is 77.2 Å². The number of fused-ring (bicyclic) bond motifs is 4. The second-order valence-corrected chi connectivity index (χ2v) is 10.6. The third-order valence-electron chi connectivity index (χ3n) is 7.02. The van der Waals surface area contributed by atoms with E-state index < -0.39 is 54.5 Å². The molecule has 4 rings (SSSR count). The van der Waals surface area contributed by atoms with Gasteiger partial charge in [0, 0.05) is 65.0 Å². The Hall–Kier alpha value is -3.52. The van der Waals surface area contributed by atoms with Crippen LogP contribution in [-0.4, -0.2) is 88.8 Å². The van der Waals surface area contributed by atoms with Gasteiger partial charge in [-0.3, -0.25) is 24.0 Å². The minimum Gasteiger partial charge on any atom is -0.463 e. The van der Waals surface area contributed by atoms with Crippen LogP contribution in [0.2, 0.25) is 0 Å². The number of aromatic nitrogens is 1. The van der Waals surface area contributed by atoms with Crippen molar-refractivity contribution >= 4 is 41.2 Å². The van der Waals surface area contributed by atoms with Gasteiger partial charge in [0.2, 0.25) is 0 Å². The van der Waals surface area contributed by atoms with Gasteiger partial charge in [0.05, 0.1) is 0 Å². The van der Waals surface area contributed by atoms with Gasteiger partial charge in [0.1, 0.15) is 12.7 Å². The van der Waals surface area contributed by atoms with Crippen LogP contribution in [0.25, 0.3) is 0 Å². The van der Waals surface area contributed by atoms with Gasteiger partial charge in [-0.15, -0.1) is 0 Å². The van der Waals surface area contributed by atoms with Crippen LogP contribution in [0.3, 0.4) is 0 Å². The lowest BCUT2D eigenvalue weighted by molar-refractivity contribution is -0.255. The Kier molecular flexibility index (Phi) is 9.08. The summed E-state index contributed by atoms with van der Waals surface area (Å²) in [6.07, 6.45) is -5.11. The van der Waals surface area contributed by atoms with Crippen molar-refractivity contribution in [1.82, 2.24) is 14.8 Å². The molecule has 4 heterocycles. The Labute approximate surface area is 236 Å². The zero-order chi connectivity index (χ0) is 29.1. The number of ether oxygens (including phenoxy) is 5. The largest absolute Gasteiger partial charge is 0.463 e. The monoisotopic (exact) mass is 579 g/mol. The van der Waals surface area contributed by atoms with Gasteiger partial charge in [-0.05, 0) is 30.6 Å². The van der Waals surface area contributed by atoms with Crippen LogP contribution in [-0.2, 0) is 49.4 Å². The first-order valence-corrected chi connectivity index (χ1v) is 13.4. The number of piperidine rings is 1. The molecular formula is C26H33N3O10S. The number of nitrogens with zero attached hydrogens (tertiary/aromatic N) is 2. The lowest BCUT2D eigenvalue weighted by Gasteiger charge is -2.47. The lowest BCUT2D eigenvalue weighted by atomic mass is 9.83. The number of likely N-dealkylation sites (tertiary alicyclic amines) is 1. The highest BCUT2D eigenvalue weighted by atomic mass is 32.1. The minimum atomic E-state index is -1.29. The van der Waals surface area contributed by atoms with E-state index in [-0.39, 0.29) is 24.0 Å². The number of hydrogen-bond donors (Lipinski definition) is 1. The molecule has 40 heavy (non-hydrogen) atoms. The molecule has 1 aromatic heterocycles. The molecule has 0 radical (unpaired) electrons. The molecule has 3 aliphatic heterocycles. The molecule has 218 valence electrons. The average molecular weight is 580 g/mol. The van der Waals surface area contributed by atoms with E-state index in [0.29, 0.717) is 24.7 Å². The Morgan fingerprint density at radius 2 is 1.57 bits per heavy atom. The van der Waals surface area contributed by atoms with E-state index >= 15 is 0 Å². The molecule has 2 fully saturated rings. The molecule has 14 heteroatoms. The quantitative estimate of drug-likeness (QED) is 0.278. The highest BCUT2D eigenvalue weighted by molar-refractivity contribution is 7.80. The maximum atomic E-state index is 12.4. The van der Waals surface area contributed by atoms with Crippen molar-refractivity contribution in [3.63, 3.8) is 0 Å². The lowest BCUT2D eigenvalue weighted by Crippen LogP contribution is -2.67. The second kappa shape index (κ2) is 12.3. The first kappa shape index (κ1) is 29.5. The summed E-state index contributed by atoms with van der Waals surface area (Å²) in [6.45, 7) is 6.07. The molecule has 7 atom stereocenters. The van der Waals surface area contributed by atoms with E-state index in [9.17, 15) is 24.0 Å². The van der Waals surface area contributed by atoms with Gasteiger partial charge in [0.15, 0.2) is 29.7 Å². The van der Waals surface area contributed by atoms with E-state index in [0.717, 1.165) is 26.0 Å². The molecular weight excluding hydrogens is 546 g/mol. The summed E-state index contributed by atoms with van der Waals surface area (Å²) in [7, 11) is 0. The van der Waals surface area contributed by atoms with Crippen LogP contribution >= 0.6 is 12.2 Å². The molecule has 13 nitrogen and oxygen atoms in total. The molecule has 0 amide bonds. The maximum Gasteiger partial charge on any atom is 0.303 e. The van der Waals surface area contributed by atoms with E-state index in [4.69, 9.17) is 35.9 Å². The number of pyridine rings is 1. The van der Waals surface area contributed by atoms with Crippen molar-refractivity contribution in [3.8, 4) is 0 Å². The zero-order valence-corrected chi connectivity index (χ0v) is 23.5. The second-order valence-electron chi connectivity index (χ2n) is 10.2. The maximum absolute atomic E-state index is 12.4. The number of esters is 4. The SMILES string of the molecule is CC(=O)OC[C@@H]1O[C@@H](NC(=S)N2C[C@@H]3C[C@@H](C2)c2cccc(=O)n2C3)[C@@H](OC(C)=O)[C@H](OC(C)=O)[C@@H]1OC(C)=O. The van der Waals surface area contributed by atoms with Crippen LogP contribution in [0.4, 0.5) is 0 Å². The molecule has 1 aromatic rings. The van der Waals surface area contributed by atoms with Crippen LogP contribution in [0.5, 0.6) is 0 Å². The fourth-order valence-corrected chi connectivity index (χ4v) is 5.89. The van der Waals surface area contributed by atoms with Gasteiger partial charge in [-0.2, -0.15) is 0 Å². The van der Waals surface area contributed by atoms with Crippen LogP contribution in [0.15, 0.2) is 23.0 Å². The molecule has 0 aromatic carbocycles. The number of nitrogens with one attached hydrogen (secondary N) is 1. The number of rotatable bonds is 6. The molecule has 2 bridgehead atoms. The summed E-state index contributed by atoms with van der Waals surface area (Å²) in [5, 5.41) is 3.37. The molecule has 0 spiro atoms. The van der Waals surface area contributed by atoms with E-state index in [2.05, 4.69) is 5.32 Å². The van der Waals surface area contributed by atoms with Gasteiger partial charge < -0.3 is 38.5 Å². The number of thiocarbonyl (C=S) groups is 1. The molecule has 0 saturated carbocycles. The van der Waals surface area contributed by atoms with Crippen molar-refractivity contribution in [1.29, 1.82) is 0 Å². The number of hydrogen-bond acceptors (Lipinski definition) is 11. The fraction of sp³-hybridized carbons (Fsp3) is 0.615. The smallest absolute Gasteiger partial charge is 0.303 e. The number of carbonyl (C=O) groups is 4. The summed E-state index contributed by atoms with van der Waals surface area (Å²) in [5.74, 6) is -2.46. The van der Waals surface area contributed by atoms with Gasteiger partial charge in [-0.25, -0.2) is 0 Å². The molecule has 3 aliphatic rings. The summed E-state index contributed by atoms with van der Waals surface area (Å²) < 4.78 is 29.4.